The van der Waals surface area contributed by atoms with Crippen LogP contribution in [0.1, 0.15) is 57.7 Å². The van der Waals surface area contributed by atoms with Crippen molar-refractivity contribution < 1.29 is 9.59 Å². The van der Waals surface area contributed by atoms with E-state index in [1.807, 2.05) is 0 Å². The number of amides is 3. The Kier molecular flexibility index (Phi) is 6.34. The third-order valence-electron chi connectivity index (χ3n) is 5.09. The highest BCUT2D eigenvalue weighted by molar-refractivity contribution is 7.99. The Bertz CT molecular complexity index is 618. The van der Waals surface area contributed by atoms with Crippen molar-refractivity contribution in [3.63, 3.8) is 0 Å². The van der Waals surface area contributed by atoms with Crippen molar-refractivity contribution in [3.8, 4) is 0 Å². The fourth-order valence-corrected chi connectivity index (χ4v) is 4.38. The van der Waals surface area contributed by atoms with Crippen LogP contribution in [0, 0.1) is 5.92 Å². The number of carbonyl (C=O) groups is 2. The molecule has 0 spiro atoms. The van der Waals surface area contributed by atoms with Crippen molar-refractivity contribution in [2.75, 3.05) is 5.75 Å². The van der Waals surface area contributed by atoms with Gasteiger partial charge in [0, 0.05) is 19.0 Å². The van der Waals surface area contributed by atoms with E-state index in [1.165, 1.54) is 24.6 Å². The monoisotopic (exact) mass is 365 g/mol. The van der Waals surface area contributed by atoms with Crippen LogP contribution >= 0.6 is 11.8 Å². The average molecular weight is 366 g/mol. The van der Waals surface area contributed by atoms with Crippen LogP contribution in [-0.2, 0) is 17.8 Å². The van der Waals surface area contributed by atoms with Crippen molar-refractivity contribution in [1.82, 2.24) is 25.4 Å². The Morgan fingerprint density at radius 1 is 1.16 bits per heavy atom. The maximum absolute atomic E-state index is 12.1. The third kappa shape index (κ3) is 4.96. The normalized spacial score (nSPS) is 23.4. The van der Waals surface area contributed by atoms with Gasteiger partial charge in [-0.25, -0.2) is 4.79 Å². The molecule has 1 aromatic rings. The first kappa shape index (κ1) is 18.2. The van der Waals surface area contributed by atoms with Crippen molar-refractivity contribution >= 4 is 23.7 Å². The van der Waals surface area contributed by atoms with Crippen molar-refractivity contribution in [2.45, 2.75) is 76.0 Å². The summed E-state index contributed by atoms with van der Waals surface area (Å²) in [5.74, 6) is 1.35. The number of aryl methyl sites for hydroxylation is 1. The van der Waals surface area contributed by atoms with Gasteiger partial charge in [-0.15, -0.1) is 10.2 Å². The van der Waals surface area contributed by atoms with Crippen molar-refractivity contribution in [3.05, 3.63) is 5.82 Å². The van der Waals surface area contributed by atoms with Crippen LogP contribution in [-0.4, -0.2) is 38.5 Å². The van der Waals surface area contributed by atoms with E-state index in [2.05, 4.69) is 32.3 Å². The summed E-state index contributed by atoms with van der Waals surface area (Å²) in [6, 6.07) is -0.217. The number of fused-ring (bicyclic) bond motifs is 1. The van der Waals surface area contributed by atoms with Crippen LogP contribution in [0.25, 0.3) is 0 Å². The second kappa shape index (κ2) is 8.69. The molecule has 0 unspecified atom stereocenters. The minimum atomic E-state index is -0.385. The minimum absolute atomic E-state index is 0.168. The van der Waals surface area contributed by atoms with Gasteiger partial charge in [0.2, 0.25) is 5.91 Å². The smallest absolute Gasteiger partial charge is 0.321 e. The quantitative estimate of drug-likeness (QED) is 0.800. The van der Waals surface area contributed by atoms with Gasteiger partial charge < -0.3 is 9.88 Å². The molecule has 0 aromatic carbocycles. The summed E-state index contributed by atoms with van der Waals surface area (Å²) in [5.41, 5.74) is 0. The third-order valence-corrected chi connectivity index (χ3v) is 6.06. The van der Waals surface area contributed by atoms with E-state index in [1.54, 1.807) is 0 Å². The zero-order chi connectivity index (χ0) is 17.6. The molecule has 1 aliphatic heterocycles. The lowest BCUT2D eigenvalue weighted by Gasteiger charge is -2.29. The maximum atomic E-state index is 12.1. The van der Waals surface area contributed by atoms with Crippen LogP contribution < -0.4 is 10.6 Å². The number of urea groups is 1. The number of rotatable bonds is 4. The first-order valence-corrected chi connectivity index (χ1v) is 10.3. The molecule has 2 heterocycles. The summed E-state index contributed by atoms with van der Waals surface area (Å²) < 4.78 is 2.11. The molecule has 1 saturated carbocycles. The highest BCUT2D eigenvalue weighted by Gasteiger charge is 2.23. The minimum Gasteiger partial charge on any atom is -0.335 e. The van der Waals surface area contributed by atoms with Crippen LogP contribution in [0.3, 0.4) is 0 Å². The second-order valence-electron chi connectivity index (χ2n) is 7.04. The Labute approximate surface area is 152 Å². The molecule has 2 atom stereocenters. The number of nitrogens with zero attached hydrogens (tertiary/aromatic N) is 3. The SMILES string of the molecule is C[C@H]1CCCC[C@@H]1NC(=O)NC(=O)CSc1nnc2n1CCCCC2. The molecule has 0 radical (unpaired) electrons. The number of hydrogen-bond acceptors (Lipinski definition) is 5. The number of hydrogen-bond donors (Lipinski definition) is 2. The largest absolute Gasteiger partial charge is 0.335 e. The van der Waals surface area contributed by atoms with Crippen LogP contribution in [0.2, 0.25) is 0 Å². The molecule has 8 heteroatoms. The Morgan fingerprint density at radius 3 is 2.84 bits per heavy atom. The lowest BCUT2D eigenvalue weighted by atomic mass is 9.86. The standard InChI is InChI=1S/C17H27N5O2S/c1-12-7-4-5-8-13(12)18-16(24)19-15(23)11-25-17-21-20-14-9-3-2-6-10-22(14)17/h12-13H,2-11H2,1H3,(H2,18,19,23,24)/t12-,13-/m0/s1. The molecule has 25 heavy (non-hydrogen) atoms. The lowest BCUT2D eigenvalue weighted by Crippen LogP contribution is -2.48. The molecule has 0 saturated heterocycles. The maximum Gasteiger partial charge on any atom is 0.321 e. The first-order chi connectivity index (χ1) is 12.1. The molecule has 1 fully saturated rings. The van der Waals surface area contributed by atoms with E-state index in [0.29, 0.717) is 5.92 Å². The van der Waals surface area contributed by atoms with E-state index < -0.39 is 0 Å². The fraction of sp³-hybridized carbons (Fsp3) is 0.765. The summed E-state index contributed by atoms with van der Waals surface area (Å²) in [6.07, 6.45) is 8.89. The summed E-state index contributed by atoms with van der Waals surface area (Å²) in [7, 11) is 0. The van der Waals surface area contributed by atoms with E-state index in [4.69, 9.17) is 0 Å². The summed E-state index contributed by atoms with van der Waals surface area (Å²) in [5, 5.41) is 14.6. The van der Waals surface area contributed by atoms with Gasteiger partial charge in [-0.1, -0.05) is 37.9 Å². The number of thioether (sulfide) groups is 1. The summed E-state index contributed by atoms with van der Waals surface area (Å²) >= 11 is 1.34. The molecule has 3 rings (SSSR count). The molecule has 2 N–H and O–H groups in total. The topological polar surface area (TPSA) is 88.9 Å². The molecule has 7 nitrogen and oxygen atoms in total. The van der Waals surface area contributed by atoms with Gasteiger partial charge in [-0.05, 0) is 31.6 Å². The molecule has 0 bridgehead atoms. The van der Waals surface area contributed by atoms with Gasteiger partial charge in [0.05, 0.1) is 5.75 Å². The number of imide groups is 1. The predicted molar refractivity (Wildman–Crippen MR) is 96.4 cm³/mol. The van der Waals surface area contributed by atoms with Gasteiger partial charge in [-0.2, -0.15) is 0 Å². The van der Waals surface area contributed by atoms with E-state index >= 15 is 0 Å². The number of aromatic nitrogens is 3. The number of carbonyl (C=O) groups excluding carboxylic acids is 2. The van der Waals surface area contributed by atoms with E-state index in [0.717, 1.165) is 56.1 Å². The molecular formula is C17H27N5O2S. The van der Waals surface area contributed by atoms with Crippen LogP contribution in [0.4, 0.5) is 4.79 Å². The zero-order valence-corrected chi connectivity index (χ0v) is 15.6. The van der Waals surface area contributed by atoms with Crippen LogP contribution in [0.5, 0.6) is 0 Å². The first-order valence-electron chi connectivity index (χ1n) is 9.28. The highest BCUT2D eigenvalue weighted by Crippen LogP contribution is 2.24. The summed E-state index contributed by atoms with van der Waals surface area (Å²) in [6.45, 7) is 3.06. The fourth-order valence-electron chi connectivity index (χ4n) is 3.59. The number of nitrogens with one attached hydrogen (secondary N) is 2. The zero-order valence-electron chi connectivity index (χ0n) is 14.8. The predicted octanol–water partition coefficient (Wildman–Crippen LogP) is 2.50. The molecular weight excluding hydrogens is 338 g/mol. The molecule has 3 amide bonds. The van der Waals surface area contributed by atoms with E-state index in [9.17, 15) is 9.59 Å². The summed E-state index contributed by atoms with van der Waals surface area (Å²) in [4.78, 5) is 24.1. The lowest BCUT2D eigenvalue weighted by molar-refractivity contribution is -0.117. The van der Waals surface area contributed by atoms with Crippen molar-refractivity contribution in [2.24, 2.45) is 5.92 Å². The molecule has 1 aromatic heterocycles. The van der Waals surface area contributed by atoms with E-state index in [-0.39, 0.29) is 23.7 Å². The van der Waals surface area contributed by atoms with Gasteiger partial charge in [-0.3, -0.25) is 10.1 Å². The molecule has 2 aliphatic rings. The Hall–Kier alpha value is -1.57. The Morgan fingerprint density at radius 2 is 2.00 bits per heavy atom. The van der Waals surface area contributed by atoms with Gasteiger partial charge in [0.15, 0.2) is 5.16 Å². The highest BCUT2D eigenvalue weighted by atomic mass is 32.2. The Balaban J connectivity index is 1.45. The molecule has 1 aliphatic carbocycles. The average Bonchev–Trinajstić information content (AvgIpc) is 2.81. The van der Waals surface area contributed by atoms with Crippen LogP contribution in [0.15, 0.2) is 5.16 Å². The van der Waals surface area contributed by atoms with Gasteiger partial charge in [0.1, 0.15) is 5.82 Å². The second-order valence-corrected chi connectivity index (χ2v) is 7.98. The van der Waals surface area contributed by atoms with Crippen molar-refractivity contribution in [1.29, 1.82) is 0 Å². The molecule has 138 valence electrons. The van der Waals surface area contributed by atoms with Gasteiger partial charge in [0.25, 0.3) is 0 Å². The van der Waals surface area contributed by atoms with Gasteiger partial charge >= 0.3 is 6.03 Å².